The molecule has 2 heterocycles. The molecule has 1 aromatic heterocycles. The van der Waals surface area contributed by atoms with Crippen LogP contribution in [0.25, 0.3) is 0 Å². The van der Waals surface area contributed by atoms with Gasteiger partial charge in [-0.3, -0.25) is 4.79 Å². The molecule has 0 saturated heterocycles. The summed E-state index contributed by atoms with van der Waals surface area (Å²) in [5, 5.41) is 0. The fraction of sp³-hybridized carbons (Fsp3) is 0.267. The molecule has 0 bridgehead atoms. The lowest BCUT2D eigenvalue weighted by molar-refractivity contribution is -0.130. The molecule has 0 unspecified atom stereocenters. The average Bonchev–Trinajstić information content (AvgIpc) is 3.16. The Hall–Kier alpha value is -2.14. The fourth-order valence-corrected chi connectivity index (χ4v) is 2.34. The zero-order chi connectivity index (χ0) is 14.7. The number of benzene rings is 1. The summed E-state index contributed by atoms with van der Waals surface area (Å²) < 4.78 is 15.9. The summed E-state index contributed by atoms with van der Waals surface area (Å²) >= 11 is 5.68. The third kappa shape index (κ3) is 3.13. The SMILES string of the molecule is O=C(CCl)N(Cc1ccc2c(c1)OCO2)Cc1ccco1. The fourth-order valence-electron chi connectivity index (χ4n) is 2.17. The molecule has 0 spiro atoms. The second kappa shape index (κ2) is 6.10. The van der Waals surface area contributed by atoms with E-state index in [0.717, 1.165) is 11.3 Å². The van der Waals surface area contributed by atoms with E-state index in [1.807, 2.05) is 24.3 Å². The van der Waals surface area contributed by atoms with Gasteiger partial charge in [0.15, 0.2) is 11.5 Å². The highest BCUT2D eigenvalue weighted by Crippen LogP contribution is 2.32. The highest BCUT2D eigenvalue weighted by atomic mass is 35.5. The number of nitrogens with zero attached hydrogens (tertiary/aromatic N) is 1. The van der Waals surface area contributed by atoms with Crippen LogP contribution in [-0.2, 0) is 17.9 Å². The van der Waals surface area contributed by atoms with Crippen molar-refractivity contribution in [3.63, 3.8) is 0 Å². The van der Waals surface area contributed by atoms with Crippen LogP contribution in [0.15, 0.2) is 41.0 Å². The van der Waals surface area contributed by atoms with E-state index in [0.29, 0.717) is 24.6 Å². The Bertz CT molecular complexity index is 627. The Kier molecular flexibility index (Phi) is 4.01. The number of ether oxygens (including phenoxy) is 2. The molecule has 5 nitrogen and oxygen atoms in total. The predicted octanol–water partition coefficient (Wildman–Crippen LogP) is 2.78. The van der Waals surface area contributed by atoms with Gasteiger partial charge < -0.3 is 18.8 Å². The number of furan rings is 1. The summed E-state index contributed by atoms with van der Waals surface area (Å²) in [7, 11) is 0. The maximum absolute atomic E-state index is 12.0. The van der Waals surface area contributed by atoms with E-state index >= 15 is 0 Å². The zero-order valence-electron chi connectivity index (χ0n) is 11.3. The maximum atomic E-state index is 12.0. The van der Waals surface area contributed by atoms with Gasteiger partial charge in [0, 0.05) is 6.54 Å². The normalized spacial score (nSPS) is 12.4. The summed E-state index contributed by atoms with van der Waals surface area (Å²) in [6, 6.07) is 9.24. The molecule has 110 valence electrons. The lowest BCUT2D eigenvalue weighted by Crippen LogP contribution is -2.30. The number of carbonyl (C=O) groups excluding carboxylic acids is 1. The predicted molar refractivity (Wildman–Crippen MR) is 76.2 cm³/mol. The van der Waals surface area contributed by atoms with Gasteiger partial charge in [0.2, 0.25) is 12.7 Å². The number of carbonyl (C=O) groups is 1. The van der Waals surface area contributed by atoms with Crippen molar-refractivity contribution in [3.05, 3.63) is 47.9 Å². The van der Waals surface area contributed by atoms with Crippen molar-refractivity contribution in [2.24, 2.45) is 0 Å². The van der Waals surface area contributed by atoms with Crippen molar-refractivity contribution in [1.29, 1.82) is 0 Å². The van der Waals surface area contributed by atoms with Gasteiger partial charge in [-0.1, -0.05) is 6.07 Å². The molecule has 0 aliphatic carbocycles. The molecule has 1 aliphatic heterocycles. The number of rotatable bonds is 5. The molecule has 1 aromatic carbocycles. The van der Waals surface area contributed by atoms with Gasteiger partial charge in [-0.15, -0.1) is 11.6 Å². The van der Waals surface area contributed by atoms with Crippen molar-refractivity contribution in [2.45, 2.75) is 13.1 Å². The lowest BCUT2D eigenvalue weighted by atomic mass is 10.2. The van der Waals surface area contributed by atoms with Crippen LogP contribution in [0.4, 0.5) is 0 Å². The van der Waals surface area contributed by atoms with Crippen LogP contribution in [0, 0.1) is 0 Å². The zero-order valence-corrected chi connectivity index (χ0v) is 12.0. The monoisotopic (exact) mass is 307 g/mol. The minimum Gasteiger partial charge on any atom is -0.467 e. The minimum absolute atomic E-state index is 0.0642. The molecular formula is C15H14ClNO4. The summed E-state index contributed by atoms with van der Waals surface area (Å²) in [5.74, 6) is 1.93. The van der Waals surface area contributed by atoms with Gasteiger partial charge in [-0.25, -0.2) is 0 Å². The van der Waals surface area contributed by atoms with Crippen LogP contribution in [0.3, 0.4) is 0 Å². The second-order valence-corrected chi connectivity index (χ2v) is 4.92. The Balaban J connectivity index is 1.76. The molecular weight excluding hydrogens is 294 g/mol. The van der Waals surface area contributed by atoms with E-state index in [2.05, 4.69) is 0 Å². The van der Waals surface area contributed by atoms with E-state index < -0.39 is 0 Å². The lowest BCUT2D eigenvalue weighted by Gasteiger charge is -2.21. The Labute approximate surface area is 127 Å². The van der Waals surface area contributed by atoms with E-state index in [1.165, 1.54) is 0 Å². The quantitative estimate of drug-likeness (QED) is 0.797. The Morgan fingerprint density at radius 3 is 2.81 bits per heavy atom. The minimum atomic E-state index is -0.147. The first-order valence-corrected chi connectivity index (χ1v) is 7.04. The summed E-state index contributed by atoms with van der Waals surface area (Å²) in [5.41, 5.74) is 0.948. The van der Waals surface area contributed by atoms with Gasteiger partial charge in [-0.05, 0) is 29.8 Å². The van der Waals surface area contributed by atoms with E-state index in [-0.39, 0.29) is 18.6 Å². The summed E-state index contributed by atoms with van der Waals surface area (Å²) in [6.07, 6.45) is 1.58. The molecule has 6 heteroatoms. The topological polar surface area (TPSA) is 51.9 Å². The number of fused-ring (bicyclic) bond motifs is 1. The number of hydrogen-bond donors (Lipinski definition) is 0. The molecule has 0 saturated carbocycles. The Morgan fingerprint density at radius 2 is 2.05 bits per heavy atom. The largest absolute Gasteiger partial charge is 0.467 e. The third-order valence-electron chi connectivity index (χ3n) is 3.20. The van der Waals surface area contributed by atoms with E-state index in [9.17, 15) is 4.79 Å². The molecule has 0 N–H and O–H groups in total. The van der Waals surface area contributed by atoms with Gasteiger partial charge in [-0.2, -0.15) is 0 Å². The third-order valence-corrected chi connectivity index (χ3v) is 3.43. The van der Waals surface area contributed by atoms with Gasteiger partial charge in [0.1, 0.15) is 11.6 Å². The van der Waals surface area contributed by atoms with E-state index in [4.69, 9.17) is 25.5 Å². The highest BCUT2D eigenvalue weighted by Gasteiger charge is 2.18. The van der Waals surface area contributed by atoms with Crippen LogP contribution in [0.5, 0.6) is 11.5 Å². The molecule has 2 aromatic rings. The van der Waals surface area contributed by atoms with Crippen LogP contribution in [-0.4, -0.2) is 23.5 Å². The van der Waals surface area contributed by atoms with Crippen molar-refractivity contribution in [1.82, 2.24) is 4.90 Å². The molecule has 1 amide bonds. The molecule has 0 atom stereocenters. The first kappa shape index (κ1) is 13.8. The molecule has 3 rings (SSSR count). The smallest absolute Gasteiger partial charge is 0.238 e. The van der Waals surface area contributed by atoms with Gasteiger partial charge in [0.25, 0.3) is 0 Å². The molecule has 1 aliphatic rings. The van der Waals surface area contributed by atoms with Crippen molar-refractivity contribution in [3.8, 4) is 11.5 Å². The highest BCUT2D eigenvalue weighted by molar-refractivity contribution is 6.27. The average molecular weight is 308 g/mol. The van der Waals surface area contributed by atoms with Gasteiger partial charge >= 0.3 is 0 Å². The number of alkyl halides is 1. The standard InChI is InChI=1S/C15H14ClNO4/c16-7-15(18)17(9-12-2-1-5-19-12)8-11-3-4-13-14(6-11)21-10-20-13/h1-6H,7-10H2. The number of amides is 1. The number of halogens is 1. The molecule has 0 radical (unpaired) electrons. The maximum Gasteiger partial charge on any atom is 0.238 e. The van der Waals surface area contributed by atoms with Crippen molar-refractivity contribution < 1.29 is 18.7 Å². The first-order chi connectivity index (χ1) is 10.3. The van der Waals surface area contributed by atoms with E-state index in [1.54, 1.807) is 17.2 Å². The van der Waals surface area contributed by atoms with Crippen molar-refractivity contribution in [2.75, 3.05) is 12.7 Å². The van der Waals surface area contributed by atoms with Crippen LogP contribution in [0.1, 0.15) is 11.3 Å². The first-order valence-electron chi connectivity index (χ1n) is 6.51. The molecule has 21 heavy (non-hydrogen) atoms. The van der Waals surface area contributed by atoms with Crippen LogP contribution >= 0.6 is 11.6 Å². The number of hydrogen-bond acceptors (Lipinski definition) is 4. The summed E-state index contributed by atoms with van der Waals surface area (Å²) in [6.45, 7) is 1.05. The van der Waals surface area contributed by atoms with Crippen molar-refractivity contribution >= 4 is 17.5 Å². The Morgan fingerprint density at radius 1 is 1.19 bits per heavy atom. The van der Waals surface area contributed by atoms with Gasteiger partial charge in [0.05, 0.1) is 12.8 Å². The summed E-state index contributed by atoms with van der Waals surface area (Å²) in [4.78, 5) is 13.6. The van der Waals surface area contributed by atoms with Crippen LogP contribution in [0.2, 0.25) is 0 Å². The molecule has 0 fully saturated rings. The van der Waals surface area contributed by atoms with Crippen LogP contribution < -0.4 is 9.47 Å². The second-order valence-electron chi connectivity index (χ2n) is 4.65.